The van der Waals surface area contributed by atoms with Gasteiger partial charge < -0.3 is 15.5 Å². The van der Waals surface area contributed by atoms with Crippen molar-refractivity contribution in [3.8, 4) is 11.1 Å². The number of nitrogens with one attached hydrogen (secondary N) is 1. The lowest BCUT2D eigenvalue weighted by molar-refractivity contribution is 0.0929. The fourth-order valence-electron chi connectivity index (χ4n) is 5.02. The molecule has 2 heterocycles. The summed E-state index contributed by atoms with van der Waals surface area (Å²) >= 11 is 0. The van der Waals surface area contributed by atoms with Gasteiger partial charge in [0.05, 0.1) is 11.1 Å². The van der Waals surface area contributed by atoms with Crippen molar-refractivity contribution in [3.05, 3.63) is 119 Å². The highest BCUT2D eigenvalue weighted by Gasteiger charge is 2.46. The number of aromatic nitrogens is 2. The van der Waals surface area contributed by atoms with Gasteiger partial charge in [0.25, 0.3) is 11.8 Å². The van der Waals surface area contributed by atoms with Gasteiger partial charge in [0.15, 0.2) is 0 Å². The normalized spacial score (nSPS) is 13.8. The van der Waals surface area contributed by atoms with Crippen LogP contribution in [-0.2, 0) is 12.0 Å². The van der Waals surface area contributed by atoms with E-state index in [0.29, 0.717) is 34.3 Å². The molecule has 8 heteroatoms. The molecule has 0 atom stereocenters. The molecule has 1 saturated carbocycles. The second-order valence-electron chi connectivity index (χ2n) is 9.97. The van der Waals surface area contributed by atoms with E-state index < -0.39 is 11.4 Å². The van der Waals surface area contributed by atoms with Gasteiger partial charge in [-0.2, -0.15) is 0 Å². The average Bonchev–Trinajstić information content (AvgIpc) is 3.62. The Hall–Kier alpha value is -4.85. The van der Waals surface area contributed by atoms with Crippen molar-refractivity contribution in [2.24, 2.45) is 5.73 Å². The van der Waals surface area contributed by atoms with E-state index in [1.807, 2.05) is 31.2 Å². The number of hydrogen-bond acceptors (Lipinski definition) is 5. The molecule has 1 aliphatic rings. The molecule has 39 heavy (non-hydrogen) atoms. The summed E-state index contributed by atoms with van der Waals surface area (Å²) in [5, 5.41) is 3.75. The zero-order valence-corrected chi connectivity index (χ0v) is 21.2. The van der Waals surface area contributed by atoms with Gasteiger partial charge >= 0.3 is 0 Å². The van der Waals surface area contributed by atoms with Crippen LogP contribution in [0.5, 0.6) is 0 Å². The molecule has 0 aliphatic heterocycles. The van der Waals surface area contributed by atoms with Gasteiger partial charge in [-0.15, -0.1) is 0 Å². The molecule has 3 N–H and O–H groups in total. The Balaban J connectivity index is 1.34. The Morgan fingerprint density at radius 2 is 1.77 bits per heavy atom. The summed E-state index contributed by atoms with van der Waals surface area (Å²) < 4.78 is 19.4. The van der Waals surface area contributed by atoms with Crippen LogP contribution in [0.4, 0.5) is 4.39 Å². The quantitative estimate of drug-likeness (QED) is 0.297. The molecule has 7 nitrogen and oxygen atoms in total. The van der Waals surface area contributed by atoms with E-state index in [4.69, 9.17) is 10.2 Å². The Kier molecular flexibility index (Phi) is 5.95. The minimum absolute atomic E-state index is 0.179. The number of benzene rings is 3. The molecule has 194 valence electrons. The first-order valence-corrected chi connectivity index (χ1v) is 12.6. The number of carbonyl (C=O) groups is 2. The Morgan fingerprint density at radius 3 is 2.46 bits per heavy atom. The molecule has 6 rings (SSSR count). The number of nitrogens with zero attached hydrogens (tertiary/aromatic N) is 2. The van der Waals surface area contributed by atoms with Crippen molar-refractivity contribution >= 4 is 22.8 Å². The highest BCUT2D eigenvalue weighted by Crippen LogP contribution is 2.45. The summed E-state index contributed by atoms with van der Waals surface area (Å²) in [4.78, 5) is 33.9. The first kappa shape index (κ1) is 24.5. The molecule has 0 bridgehead atoms. The number of hydrogen-bond donors (Lipinski definition) is 2. The largest absolute Gasteiger partial charge is 0.460 e. The number of rotatable bonds is 7. The van der Waals surface area contributed by atoms with Gasteiger partial charge in [-0.25, -0.2) is 14.4 Å². The molecule has 1 aliphatic carbocycles. The van der Waals surface area contributed by atoms with Gasteiger partial charge in [0.1, 0.15) is 23.5 Å². The third-order valence-corrected chi connectivity index (χ3v) is 7.31. The van der Waals surface area contributed by atoms with Crippen LogP contribution in [0.15, 0.2) is 83.8 Å². The predicted octanol–water partition coefficient (Wildman–Crippen LogP) is 5.45. The summed E-state index contributed by atoms with van der Waals surface area (Å²) in [6, 6.07) is 17.1. The van der Waals surface area contributed by atoms with E-state index in [-0.39, 0.29) is 11.7 Å². The molecule has 0 radical (unpaired) electrons. The van der Waals surface area contributed by atoms with Gasteiger partial charge in [0, 0.05) is 35.3 Å². The van der Waals surface area contributed by atoms with Gasteiger partial charge in [-0.05, 0) is 78.4 Å². The van der Waals surface area contributed by atoms with E-state index in [9.17, 15) is 14.0 Å². The molecule has 5 aromatic rings. The fourth-order valence-corrected chi connectivity index (χ4v) is 5.02. The van der Waals surface area contributed by atoms with E-state index in [0.717, 1.165) is 40.7 Å². The second-order valence-corrected chi connectivity index (χ2v) is 9.97. The number of amides is 2. The molecule has 0 spiro atoms. The highest BCUT2D eigenvalue weighted by molar-refractivity contribution is 6.07. The number of fused-ring (bicyclic) bond motifs is 1. The summed E-state index contributed by atoms with van der Waals surface area (Å²) in [5.74, 6) is -0.699. The van der Waals surface area contributed by atoms with Crippen LogP contribution in [0.2, 0.25) is 0 Å². The van der Waals surface area contributed by atoms with Crippen LogP contribution >= 0.6 is 0 Å². The smallest absolute Gasteiger partial charge is 0.252 e. The van der Waals surface area contributed by atoms with Crippen LogP contribution in [0.1, 0.15) is 56.0 Å². The molecule has 1 fully saturated rings. The molecular weight excluding hydrogens is 495 g/mol. The van der Waals surface area contributed by atoms with Gasteiger partial charge in [-0.1, -0.05) is 24.3 Å². The molecule has 3 aromatic carbocycles. The lowest BCUT2D eigenvalue weighted by Gasteiger charge is -2.18. The van der Waals surface area contributed by atoms with Crippen LogP contribution < -0.4 is 11.1 Å². The second kappa shape index (κ2) is 9.47. The average molecular weight is 521 g/mol. The van der Waals surface area contributed by atoms with Gasteiger partial charge in [-0.3, -0.25) is 9.59 Å². The first-order chi connectivity index (χ1) is 18.8. The van der Waals surface area contributed by atoms with Crippen LogP contribution in [0, 0.1) is 12.7 Å². The first-order valence-electron chi connectivity index (χ1n) is 12.6. The minimum atomic E-state index is -0.604. The number of furan rings is 1. The Bertz CT molecular complexity index is 1720. The number of primary amides is 1. The number of aryl methyl sites for hydroxylation is 1. The fraction of sp³-hybridized carbons (Fsp3) is 0.161. The van der Waals surface area contributed by atoms with E-state index in [1.165, 1.54) is 18.5 Å². The Morgan fingerprint density at radius 1 is 1.03 bits per heavy atom. The highest BCUT2D eigenvalue weighted by atomic mass is 19.1. The molecular formula is C31H25FN4O3. The maximum absolute atomic E-state index is 13.4. The molecule has 2 aromatic heterocycles. The third-order valence-electron chi connectivity index (χ3n) is 7.31. The molecule has 0 unspecified atom stereocenters. The Labute approximate surface area is 223 Å². The third kappa shape index (κ3) is 4.65. The van der Waals surface area contributed by atoms with Crippen molar-refractivity contribution < 1.29 is 18.4 Å². The van der Waals surface area contributed by atoms with Crippen molar-refractivity contribution in [1.29, 1.82) is 0 Å². The van der Waals surface area contributed by atoms with Crippen LogP contribution in [0.3, 0.4) is 0 Å². The van der Waals surface area contributed by atoms with E-state index in [2.05, 4.69) is 15.3 Å². The number of carbonyl (C=O) groups excluding carboxylic acids is 2. The summed E-state index contributed by atoms with van der Waals surface area (Å²) in [7, 11) is 0. The lowest BCUT2D eigenvalue weighted by Crippen LogP contribution is -2.35. The lowest BCUT2D eigenvalue weighted by atomic mass is 9.95. The minimum Gasteiger partial charge on any atom is -0.460 e. The SMILES string of the molecule is Cc1ccc(C(=O)NC2(c3cncnc3)CC2)cc1-c1ccc2oc(Cc3ccc(F)cc3)c(C(N)=O)c2c1. The molecule has 0 saturated heterocycles. The van der Waals surface area contributed by atoms with Crippen molar-refractivity contribution in [2.45, 2.75) is 31.7 Å². The van der Waals surface area contributed by atoms with Crippen molar-refractivity contribution in [1.82, 2.24) is 15.3 Å². The topological polar surface area (TPSA) is 111 Å². The van der Waals surface area contributed by atoms with E-state index in [1.54, 1.807) is 36.7 Å². The van der Waals surface area contributed by atoms with Gasteiger partial charge in [0.2, 0.25) is 0 Å². The van der Waals surface area contributed by atoms with Crippen molar-refractivity contribution in [3.63, 3.8) is 0 Å². The zero-order valence-electron chi connectivity index (χ0n) is 21.2. The monoisotopic (exact) mass is 520 g/mol. The predicted molar refractivity (Wildman–Crippen MR) is 145 cm³/mol. The summed E-state index contributed by atoms with van der Waals surface area (Å²) in [6.07, 6.45) is 6.91. The number of halogens is 1. The standard InChI is InChI=1S/C31H25FN4O3/c1-18-2-5-21(30(38)36-31(10-11-31)22-15-34-17-35-16-22)14-24(18)20-6-9-26-25(13-20)28(29(33)37)27(39-26)12-19-3-7-23(32)8-4-19/h2-9,13-17H,10-12H2,1H3,(H2,33,37)(H,36,38). The maximum atomic E-state index is 13.4. The summed E-state index contributed by atoms with van der Waals surface area (Å²) in [5.41, 5.74) is 11.0. The van der Waals surface area contributed by atoms with E-state index >= 15 is 0 Å². The number of nitrogens with two attached hydrogens (primary N) is 1. The van der Waals surface area contributed by atoms with Crippen LogP contribution in [0.25, 0.3) is 22.1 Å². The van der Waals surface area contributed by atoms with Crippen LogP contribution in [-0.4, -0.2) is 21.8 Å². The van der Waals surface area contributed by atoms with Crippen molar-refractivity contribution in [2.75, 3.05) is 0 Å². The maximum Gasteiger partial charge on any atom is 0.252 e. The summed E-state index contributed by atoms with van der Waals surface area (Å²) in [6.45, 7) is 1.97. The zero-order chi connectivity index (χ0) is 27.1. The molecule has 2 amide bonds.